The molecule has 4 nitrogen and oxygen atoms in total. The van der Waals surface area contributed by atoms with Gasteiger partial charge in [0.1, 0.15) is 17.6 Å². The molecule has 1 N–H and O–H groups in total. The number of nitrogens with one attached hydrogen (secondary N) is 1. The third-order valence-electron chi connectivity index (χ3n) is 1.98. The second-order valence-electron chi connectivity index (χ2n) is 3.10. The van der Waals surface area contributed by atoms with Crippen LogP contribution in [0.5, 0.6) is 0 Å². The number of halogens is 1. The van der Waals surface area contributed by atoms with Crippen LogP contribution in [0.2, 0.25) is 0 Å². The summed E-state index contributed by atoms with van der Waals surface area (Å²) < 4.78 is 5.94. The van der Waals surface area contributed by atoms with Gasteiger partial charge in [0.15, 0.2) is 0 Å². The van der Waals surface area contributed by atoms with Crippen molar-refractivity contribution < 1.29 is 4.42 Å². The quantitative estimate of drug-likeness (QED) is 0.937. The first kappa shape index (κ1) is 10.7. The largest absolute Gasteiger partial charge is 0.467 e. The highest BCUT2D eigenvalue weighted by atomic mass is 79.9. The van der Waals surface area contributed by atoms with Gasteiger partial charge in [0.25, 0.3) is 0 Å². The Morgan fingerprint density at radius 3 is 3.06 bits per heavy atom. The zero-order valence-corrected chi connectivity index (χ0v) is 9.86. The molecule has 80 valence electrons. The van der Waals surface area contributed by atoms with Gasteiger partial charge in [-0.2, -0.15) is 5.26 Å². The second-order valence-corrected chi connectivity index (χ2v) is 3.95. The standard InChI is InChI=1S/C11H8BrN3O/c12-10-4-8(5-13)6-14-11(10)15-7-9-2-1-3-16-9/h1-4,6H,7H2,(H,14,15). The Hall–Kier alpha value is -1.80. The van der Waals surface area contributed by atoms with Crippen LogP contribution in [0, 0.1) is 11.3 Å². The van der Waals surface area contributed by atoms with Gasteiger partial charge in [0.05, 0.1) is 22.8 Å². The average molecular weight is 278 g/mol. The molecule has 0 bridgehead atoms. The van der Waals surface area contributed by atoms with Gasteiger partial charge in [0.2, 0.25) is 0 Å². The summed E-state index contributed by atoms with van der Waals surface area (Å²) in [6.07, 6.45) is 3.15. The van der Waals surface area contributed by atoms with Crippen LogP contribution in [0.3, 0.4) is 0 Å². The Balaban J connectivity index is 2.08. The van der Waals surface area contributed by atoms with E-state index in [1.165, 1.54) is 6.20 Å². The van der Waals surface area contributed by atoms with Crippen molar-refractivity contribution in [1.82, 2.24) is 4.98 Å². The Bertz CT molecular complexity index is 517. The van der Waals surface area contributed by atoms with E-state index in [0.29, 0.717) is 17.9 Å². The zero-order chi connectivity index (χ0) is 11.4. The number of pyridine rings is 1. The minimum atomic E-state index is 0.524. The first-order valence-electron chi connectivity index (χ1n) is 4.61. The number of furan rings is 1. The van der Waals surface area contributed by atoms with E-state index in [4.69, 9.17) is 9.68 Å². The number of nitrogens with zero attached hydrogens (tertiary/aromatic N) is 2. The van der Waals surface area contributed by atoms with Crippen molar-refractivity contribution in [2.24, 2.45) is 0 Å². The van der Waals surface area contributed by atoms with Crippen molar-refractivity contribution in [1.29, 1.82) is 5.26 Å². The molecule has 0 radical (unpaired) electrons. The Kier molecular flexibility index (Phi) is 3.22. The molecule has 0 amide bonds. The molecule has 0 atom stereocenters. The number of anilines is 1. The van der Waals surface area contributed by atoms with E-state index in [1.54, 1.807) is 12.3 Å². The number of rotatable bonds is 3. The summed E-state index contributed by atoms with van der Waals surface area (Å²) in [4.78, 5) is 4.13. The molecule has 0 fully saturated rings. The van der Waals surface area contributed by atoms with Crippen LogP contribution in [0.1, 0.15) is 11.3 Å². The van der Waals surface area contributed by atoms with Gasteiger partial charge in [-0.25, -0.2) is 4.98 Å². The van der Waals surface area contributed by atoms with Crippen molar-refractivity contribution >= 4 is 21.7 Å². The van der Waals surface area contributed by atoms with Crippen molar-refractivity contribution in [2.75, 3.05) is 5.32 Å². The van der Waals surface area contributed by atoms with Crippen LogP contribution < -0.4 is 5.32 Å². The number of nitriles is 1. The second kappa shape index (κ2) is 4.81. The zero-order valence-electron chi connectivity index (χ0n) is 8.27. The lowest BCUT2D eigenvalue weighted by Gasteiger charge is -2.05. The van der Waals surface area contributed by atoms with Crippen molar-refractivity contribution in [3.63, 3.8) is 0 Å². The molecule has 0 saturated heterocycles. The summed E-state index contributed by atoms with van der Waals surface area (Å²) in [6, 6.07) is 7.46. The maximum Gasteiger partial charge on any atom is 0.140 e. The fraction of sp³-hybridized carbons (Fsp3) is 0.0909. The van der Waals surface area contributed by atoms with Gasteiger partial charge in [-0.3, -0.25) is 0 Å². The van der Waals surface area contributed by atoms with E-state index in [-0.39, 0.29) is 0 Å². The summed E-state index contributed by atoms with van der Waals surface area (Å²) in [7, 11) is 0. The minimum Gasteiger partial charge on any atom is -0.467 e. The molecule has 0 saturated carbocycles. The maximum absolute atomic E-state index is 8.69. The number of hydrogen-bond acceptors (Lipinski definition) is 4. The van der Waals surface area contributed by atoms with E-state index >= 15 is 0 Å². The van der Waals surface area contributed by atoms with Crippen molar-refractivity contribution in [3.8, 4) is 6.07 Å². The lowest BCUT2D eigenvalue weighted by molar-refractivity contribution is 0.518. The molecule has 5 heteroatoms. The molecule has 2 rings (SSSR count). The van der Waals surface area contributed by atoms with Crippen LogP contribution in [0.25, 0.3) is 0 Å². The molecule has 0 aliphatic heterocycles. The van der Waals surface area contributed by atoms with Crippen molar-refractivity contribution in [3.05, 3.63) is 46.5 Å². The topological polar surface area (TPSA) is 61.9 Å². The van der Waals surface area contributed by atoms with E-state index in [0.717, 1.165) is 10.2 Å². The van der Waals surface area contributed by atoms with Crippen LogP contribution in [-0.4, -0.2) is 4.98 Å². The minimum absolute atomic E-state index is 0.524. The third kappa shape index (κ3) is 2.41. The van der Waals surface area contributed by atoms with Crippen molar-refractivity contribution in [2.45, 2.75) is 6.54 Å². The molecule has 0 aliphatic carbocycles. The first-order chi connectivity index (χ1) is 7.79. The molecule has 0 aromatic carbocycles. The highest BCUT2D eigenvalue weighted by Gasteiger charge is 2.03. The Morgan fingerprint density at radius 2 is 2.44 bits per heavy atom. The van der Waals surface area contributed by atoms with Gasteiger partial charge >= 0.3 is 0 Å². The van der Waals surface area contributed by atoms with E-state index in [1.807, 2.05) is 18.2 Å². The lowest BCUT2D eigenvalue weighted by Crippen LogP contribution is -2.01. The molecule has 0 unspecified atom stereocenters. The van der Waals surface area contributed by atoms with Crippen LogP contribution in [-0.2, 0) is 6.54 Å². The smallest absolute Gasteiger partial charge is 0.140 e. The van der Waals surface area contributed by atoms with E-state index < -0.39 is 0 Å². The summed E-state index contributed by atoms with van der Waals surface area (Å²) in [6.45, 7) is 0.560. The number of hydrogen-bond donors (Lipinski definition) is 1. The molecular formula is C11H8BrN3O. The Labute approximate surface area is 101 Å². The van der Waals surface area contributed by atoms with Crippen LogP contribution >= 0.6 is 15.9 Å². The molecule has 2 heterocycles. The van der Waals surface area contributed by atoms with Gasteiger partial charge in [-0.05, 0) is 34.1 Å². The first-order valence-corrected chi connectivity index (χ1v) is 5.41. The lowest BCUT2D eigenvalue weighted by atomic mass is 10.3. The van der Waals surface area contributed by atoms with Gasteiger partial charge in [-0.15, -0.1) is 0 Å². The van der Waals surface area contributed by atoms with Crippen LogP contribution in [0.4, 0.5) is 5.82 Å². The summed E-state index contributed by atoms with van der Waals surface area (Å²) in [5.74, 6) is 1.52. The Morgan fingerprint density at radius 1 is 1.56 bits per heavy atom. The molecule has 16 heavy (non-hydrogen) atoms. The fourth-order valence-corrected chi connectivity index (χ4v) is 1.70. The van der Waals surface area contributed by atoms with E-state index in [2.05, 4.69) is 26.2 Å². The molecule has 2 aromatic rings. The third-order valence-corrected chi connectivity index (χ3v) is 2.58. The fourth-order valence-electron chi connectivity index (χ4n) is 1.21. The van der Waals surface area contributed by atoms with E-state index in [9.17, 15) is 0 Å². The summed E-state index contributed by atoms with van der Waals surface area (Å²) >= 11 is 3.35. The highest BCUT2D eigenvalue weighted by Crippen LogP contribution is 2.21. The number of aromatic nitrogens is 1. The SMILES string of the molecule is N#Cc1cnc(NCc2ccco2)c(Br)c1. The molecular weight excluding hydrogens is 270 g/mol. The van der Waals surface area contributed by atoms with Gasteiger partial charge < -0.3 is 9.73 Å². The monoisotopic (exact) mass is 277 g/mol. The van der Waals surface area contributed by atoms with Gasteiger partial charge in [0, 0.05) is 6.20 Å². The average Bonchev–Trinajstić information content (AvgIpc) is 2.80. The summed E-state index contributed by atoms with van der Waals surface area (Å²) in [5.41, 5.74) is 0.524. The predicted octanol–water partition coefficient (Wildman–Crippen LogP) is 2.92. The molecule has 0 spiro atoms. The summed E-state index contributed by atoms with van der Waals surface area (Å²) in [5, 5.41) is 11.8. The maximum atomic E-state index is 8.69. The highest BCUT2D eigenvalue weighted by molar-refractivity contribution is 9.10. The van der Waals surface area contributed by atoms with Gasteiger partial charge in [-0.1, -0.05) is 0 Å². The normalized spacial score (nSPS) is 9.75. The molecule has 0 aliphatic rings. The van der Waals surface area contributed by atoms with Crippen LogP contribution in [0.15, 0.2) is 39.5 Å². The predicted molar refractivity (Wildman–Crippen MR) is 62.7 cm³/mol. The molecule has 2 aromatic heterocycles.